The van der Waals surface area contributed by atoms with E-state index in [0.29, 0.717) is 0 Å². The van der Waals surface area contributed by atoms with Gasteiger partial charge in [-0.05, 0) is 20.8 Å². The lowest BCUT2D eigenvalue weighted by Gasteiger charge is -2.46. The van der Waals surface area contributed by atoms with E-state index in [4.69, 9.17) is 18.9 Å². The first-order valence-corrected chi connectivity index (χ1v) is 8.76. The third kappa shape index (κ3) is 5.14. The fourth-order valence-corrected chi connectivity index (χ4v) is 3.00. The van der Waals surface area contributed by atoms with Gasteiger partial charge in [-0.3, -0.25) is 0 Å². The van der Waals surface area contributed by atoms with Gasteiger partial charge in [0.25, 0.3) is 0 Å². The molecule has 7 N–H and O–H groups in total. The fraction of sp³-hybridized carbons (Fsp3) is 1.00. The van der Waals surface area contributed by atoms with Crippen molar-refractivity contribution in [3.05, 3.63) is 0 Å². The molecule has 160 valence electrons. The molecule has 2 heterocycles. The minimum Gasteiger partial charge on any atom is -0.394 e. The van der Waals surface area contributed by atoms with Crippen LogP contribution in [0.1, 0.15) is 20.8 Å². The summed E-state index contributed by atoms with van der Waals surface area (Å²) in [4.78, 5) is 0. The summed E-state index contributed by atoms with van der Waals surface area (Å²) in [6.45, 7) is 3.91. The number of ether oxygens (including phenoxy) is 4. The molecule has 0 spiro atoms. The Labute approximate surface area is 156 Å². The minimum absolute atomic E-state index is 0.601. The largest absolute Gasteiger partial charge is 0.394 e. The van der Waals surface area contributed by atoms with Crippen molar-refractivity contribution in [2.24, 2.45) is 0 Å². The Hall–Kier alpha value is -0.440. The molecule has 27 heavy (non-hydrogen) atoms. The molecule has 2 fully saturated rings. The van der Waals surface area contributed by atoms with Gasteiger partial charge in [0, 0.05) is 0 Å². The Morgan fingerprint density at radius 2 is 1.22 bits per heavy atom. The van der Waals surface area contributed by atoms with Crippen LogP contribution < -0.4 is 0 Å². The summed E-state index contributed by atoms with van der Waals surface area (Å²) in [7, 11) is 0. The SMILES string of the molecule is CC(C)(C)OC1OC(CO)[C@@H](O[C@@H]2OC(CO)[C@@H](O)[C@H](O)C2O)[C@@H](O)C1O. The van der Waals surface area contributed by atoms with Crippen LogP contribution in [0.4, 0.5) is 0 Å². The number of hydrogen-bond acceptors (Lipinski definition) is 11. The Morgan fingerprint density at radius 1 is 0.704 bits per heavy atom. The molecular formula is C16H30O11. The minimum atomic E-state index is -1.70. The summed E-state index contributed by atoms with van der Waals surface area (Å²) in [6.07, 6.45) is -14.5. The Bertz CT molecular complexity index is 466. The van der Waals surface area contributed by atoms with Gasteiger partial charge in [-0.15, -0.1) is 0 Å². The van der Waals surface area contributed by atoms with Crippen LogP contribution in [0.5, 0.6) is 0 Å². The molecule has 0 aromatic heterocycles. The van der Waals surface area contributed by atoms with E-state index in [-0.39, 0.29) is 0 Å². The second-order valence-electron chi connectivity index (χ2n) is 7.73. The highest BCUT2D eigenvalue weighted by atomic mass is 16.7. The average Bonchev–Trinajstić information content (AvgIpc) is 2.60. The van der Waals surface area contributed by atoms with Gasteiger partial charge in [0.15, 0.2) is 12.6 Å². The molecule has 11 heteroatoms. The van der Waals surface area contributed by atoms with Gasteiger partial charge < -0.3 is 54.7 Å². The van der Waals surface area contributed by atoms with E-state index in [1.165, 1.54) is 0 Å². The molecule has 2 aliphatic rings. The number of hydrogen-bond donors (Lipinski definition) is 7. The zero-order valence-corrected chi connectivity index (χ0v) is 15.5. The lowest BCUT2D eigenvalue weighted by Crippen LogP contribution is -2.65. The topological polar surface area (TPSA) is 179 Å². The lowest BCUT2D eigenvalue weighted by atomic mass is 9.97. The van der Waals surface area contributed by atoms with Crippen LogP contribution in [0.25, 0.3) is 0 Å². The van der Waals surface area contributed by atoms with E-state index in [9.17, 15) is 35.7 Å². The van der Waals surface area contributed by atoms with Crippen molar-refractivity contribution in [3.63, 3.8) is 0 Å². The van der Waals surface area contributed by atoms with Crippen LogP contribution in [0, 0.1) is 0 Å². The molecule has 0 saturated carbocycles. The molecular weight excluding hydrogens is 368 g/mol. The Balaban J connectivity index is 2.12. The molecule has 0 radical (unpaired) electrons. The van der Waals surface area contributed by atoms with Gasteiger partial charge in [-0.1, -0.05) is 0 Å². The second kappa shape index (κ2) is 8.93. The van der Waals surface area contributed by atoms with Crippen molar-refractivity contribution in [2.75, 3.05) is 13.2 Å². The van der Waals surface area contributed by atoms with Crippen molar-refractivity contribution in [3.8, 4) is 0 Å². The van der Waals surface area contributed by atoms with Crippen LogP contribution in [0.15, 0.2) is 0 Å². The third-order valence-electron chi connectivity index (χ3n) is 4.43. The first-order chi connectivity index (χ1) is 12.5. The van der Waals surface area contributed by atoms with Gasteiger partial charge in [-0.2, -0.15) is 0 Å². The van der Waals surface area contributed by atoms with Gasteiger partial charge in [0.05, 0.1) is 18.8 Å². The molecule has 0 aromatic carbocycles. The summed E-state index contributed by atoms with van der Waals surface area (Å²) < 4.78 is 21.7. The maximum Gasteiger partial charge on any atom is 0.187 e. The molecule has 0 aliphatic carbocycles. The smallest absolute Gasteiger partial charge is 0.187 e. The van der Waals surface area contributed by atoms with Crippen LogP contribution in [-0.2, 0) is 18.9 Å². The molecule has 0 amide bonds. The molecule has 5 unspecified atom stereocenters. The average molecular weight is 398 g/mol. The predicted octanol–water partition coefficient (Wildman–Crippen LogP) is -3.57. The van der Waals surface area contributed by atoms with E-state index < -0.39 is 80.2 Å². The number of aliphatic hydroxyl groups is 7. The summed E-state index contributed by atoms with van der Waals surface area (Å²) >= 11 is 0. The predicted molar refractivity (Wildman–Crippen MR) is 87.2 cm³/mol. The maximum absolute atomic E-state index is 10.4. The van der Waals surface area contributed by atoms with Crippen LogP contribution in [0.3, 0.4) is 0 Å². The van der Waals surface area contributed by atoms with Crippen LogP contribution >= 0.6 is 0 Å². The van der Waals surface area contributed by atoms with Crippen molar-refractivity contribution < 1.29 is 54.7 Å². The summed E-state index contributed by atoms with van der Waals surface area (Å²) in [5.41, 5.74) is -0.698. The molecule has 11 nitrogen and oxygen atoms in total. The molecule has 10 atom stereocenters. The standard InChI is InChI=1S/C16H30O11/c1-16(2,3)27-15-12(23)10(21)13(7(5-18)25-15)26-14-11(22)9(20)8(19)6(4-17)24-14/h6-15,17-23H,4-5H2,1-3H3/t6?,7?,8-,9+,10+,11?,12?,13-,14+,15?/m1/s1. The lowest BCUT2D eigenvalue weighted by molar-refractivity contribution is -0.366. The molecule has 2 aliphatic heterocycles. The van der Waals surface area contributed by atoms with Gasteiger partial charge >= 0.3 is 0 Å². The van der Waals surface area contributed by atoms with Crippen LogP contribution in [0.2, 0.25) is 0 Å². The molecule has 2 rings (SSSR count). The van der Waals surface area contributed by atoms with Crippen molar-refractivity contribution in [1.29, 1.82) is 0 Å². The fourth-order valence-electron chi connectivity index (χ4n) is 3.00. The number of aliphatic hydroxyl groups excluding tert-OH is 7. The van der Waals surface area contributed by atoms with Gasteiger partial charge in [0.2, 0.25) is 0 Å². The Kier molecular flexibility index (Phi) is 7.55. The van der Waals surface area contributed by atoms with E-state index in [0.717, 1.165) is 0 Å². The highest BCUT2D eigenvalue weighted by molar-refractivity contribution is 4.94. The first kappa shape index (κ1) is 22.8. The van der Waals surface area contributed by atoms with Crippen molar-refractivity contribution >= 4 is 0 Å². The molecule has 0 aromatic rings. The van der Waals surface area contributed by atoms with E-state index >= 15 is 0 Å². The van der Waals surface area contributed by atoms with Crippen molar-refractivity contribution in [1.82, 2.24) is 0 Å². The monoisotopic (exact) mass is 398 g/mol. The highest BCUT2D eigenvalue weighted by Crippen LogP contribution is 2.30. The summed E-state index contributed by atoms with van der Waals surface area (Å²) in [5.74, 6) is 0. The zero-order chi connectivity index (χ0) is 20.5. The second-order valence-corrected chi connectivity index (χ2v) is 7.73. The third-order valence-corrected chi connectivity index (χ3v) is 4.43. The highest BCUT2D eigenvalue weighted by Gasteiger charge is 2.51. The van der Waals surface area contributed by atoms with E-state index in [2.05, 4.69) is 0 Å². The Morgan fingerprint density at radius 3 is 1.74 bits per heavy atom. The maximum atomic E-state index is 10.4. The van der Waals surface area contributed by atoms with Crippen molar-refractivity contribution in [2.45, 2.75) is 87.8 Å². The molecule has 0 bridgehead atoms. The first-order valence-electron chi connectivity index (χ1n) is 8.76. The normalized spacial score (nSPS) is 46.4. The number of rotatable bonds is 5. The van der Waals surface area contributed by atoms with E-state index in [1.807, 2.05) is 0 Å². The van der Waals surface area contributed by atoms with Gasteiger partial charge in [0.1, 0.15) is 48.8 Å². The van der Waals surface area contributed by atoms with Crippen LogP contribution in [-0.4, -0.2) is 116 Å². The van der Waals surface area contributed by atoms with Gasteiger partial charge in [-0.25, -0.2) is 0 Å². The zero-order valence-electron chi connectivity index (χ0n) is 15.5. The quantitative estimate of drug-likeness (QED) is 0.243. The summed E-state index contributed by atoms with van der Waals surface area (Å²) in [6, 6.07) is 0. The van der Waals surface area contributed by atoms with E-state index in [1.54, 1.807) is 20.8 Å². The molecule has 2 saturated heterocycles. The summed E-state index contributed by atoms with van der Waals surface area (Å²) in [5, 5.41) is 69.2.